The Balaban J connectivity index is 1.26. The molecule has 38 heavy (non-hydrogen) atoms. The van der Waals surface area contributed by atoms with Crippen molar-refractivity contribution in [1.29, 1.82) is 0 Å². The van der Waals surface area contributed by atoms with E-state index in [1.54, 1.807) is 6.92 Å². The first-order valence-electron chi connectivity index (χ1n) is 15.0. The average molecular weight is 524 g/mol. The van der Waals surface area contributed by atoms with E-state index in [2.05, 4.69) is 55.7 Å². The van der Waals surface area contributed by atoms with Gasteiger partial charge in [-0.05, 0) is 103 Å². The maximum atomic E-state index is 12.5. The number of aliphatic hydroxyl groups is 1. The van der Waals surface area contributed by atoms with Gasteiger partial charge >= 0.3 is 7.12 Å². The van der Waals surface area contributed by atoms with E-state index >= 15 is 0 Å². The fraction of sp³-hybridized carbons (Fsp3) is 0.767. The van der Waals surface area contributed by atoms with Gasteiger partial charge in [-0.2, -0.15) is 0 Å². The molecule has 4 heterocycles. The summed E-state index contributed by atoms with van der Waals surface area (Å²) >= 11 is 0. The topological polar surface area (TPSA) is 65.5 Å². The summed E-state index contributed by atoms with van der Waals surface area (Å²) in [5.41, 5.74) is 3.18. The van der Waals surface area contributed by atoms with Crippen LogP contribution in [0.5, 0.6) is 0 Å². The van der Waals surface area contributed by atoms with E-state index in [-0.39, 0.29) is 29.6 Å². The van der Waals surface area contributed by atoms with Crippen molar-refractivity contribution in [3.63, 3.8) is 0 Å². The van der Waals surface area contributed by atoms with Crippen LogP contribution in [0, 0.1) is 0 Å². The summed E-state index contributed by atoms with van der Waals surface area (Å²) in [7, 11) is -0.364. The van der Waals surface area contributed by atoms with Crippen molar-refractivity contribution in [2.24, 2.45) is 0 Å². The minimum atomic E-state index is -0.930. The summed E-state index contributed by atoms with van der Waals surface area (Å²) in [6, 6.07) is 8.15. The van der Waals surface area contributed by atoms with Crippen LogP contribution >= 0.6 is 0 Å². The lowest BCUT2D eigenvalue weighted by molar-refractivity contribution is -0.140. The molecule has 6 rings (SSSR count). The van der Waals surface area contributed by atoms with E-state index in [1.807, 2.05) is 4.90 Å². The predicted molar refractivity (Wildman–Crippen MR) is 151 cm³/mol. The summed E-state index contributed by atoms with van der Waals surface area (Å²) in [5, 5.41) is 9.86. The number of benzene rings is 1. The highest BCUT2D eigenvalue weighted by molar-refractivity contribution is 6.62. The van der Waals surface area contributed by atoms with Gasteiger partial charge in [0.05, 0.1) is 11.2 Å². The number of fused-ring (bicyclic) bond motifs is 2. The number of hydrogen-bond acceptors (Lipinski definition) is 6. The van der Waals surface area contributed by atoms with E-state index in [4.69, 9.17) is 9.31 Å². The molecule has 0 unspecified atom stereocenters. The van der Waals surface area contributed by atoms with Gasteiger partial charge in [0.1, 0.15) is 6.10 Å². The highest BCUT2D eigenvalue weighted by Crippen LogP contribution is 2.50. The largest absolute Gasteiger partial charge is 0.494 e. The molecule has 0 bridgehead atoms. The maximum absolute atomic E-state index is 12.5. The molecular formula is C30H46BN3O4. The van der Waals surface area contributed by atoms with Crippen LogP contribution in [0.15, 0.2) is 18.2 Å². The van der Waals surface area contributed by atoms with E-state index in [0.29, 0.717) is 19.1 Å². The second-order valence-corrected chi connectivity index (χ2v) is 13.7. The van der Waals surface area contributed by atoms with Crippen LogP contribution in [0.2, 0.25) is 0 Å². The number of piperidine rings is 2. The minimum Gasteiger partial charge on any atom is -0.399 e. The normalized spacial score (nSPS) is 30.8. The second-order valence-electron chi connectivity index (χ2n) is 13.7. The Bertz CT molecular complexity index is 1040. The molecule has 3 saturated heterocycles. The van der Waals surface area contributed by atoms with Crippen molar-refractivity contribution < 1.29 is 19.2 Å². The summed E-state index contributed by atoms with van der Waals surface area (Å²) in [6.45, 7) is 15.0. The summed E-state index contributed by atoms with van der Waals surface area (Å²) in [4.78, 5) is 19.8. The molecule has 1 N–H and O–H groups in total. The van der Waals surface area contributed by atoms with Gasteiger partial charge in [0.25, 0.3) is 5.91 Å². The van der Waals surface area contributed by atoms with E-state index in [1.165, 1.54) is 56.4 Å². The Morgan fingerprint density at radius 1 is 0.974 bits per heavy atom. The van der Waals surface area contributed by atoms with E-state index in [9.17, 15) is 9.90 Å². The molecule has 1 atom stereocenters. The van der Waals surface area contributed by atoms with Gasteiger partial charge in [0, 0.05) is 42.8 Å². The van der Waals surface area contributed by atoms with Gasteiger partial charge in [0.15, 0.2) is 0 Å². The molecule has 0 aromatic heterocycles. The minimum absolute atomic E-state index is 0.0511. The van der Waals surface area contributed by atoms with Crippen LogP contribution in [-0.2, 0) is 19.5 Å². The van der Waals surface area contributed by atoms with Gasteiger partial charge in [-0.25, -0.2) is 0 Å². The third-order valence-corrected chi connectivity index (χ3v) is 10.7. The number of anilines is 1. The second kappa shape index (κ2) is 9.50. The number of carbonyl (C=O) groups excluding carboxylic acids is 1. The third-order valence-electron chi connectivity index (χ3n) is 10.7. The van der Waals surface area contributed by atoms with Crippen molar-refractivity contribution in [1.82, 2.24) is 9.80 Å². The van der Waals surface area contributed by atoms with Gasteiger partial charge in [-0.1, -0.05) is 18.6 Å². The molecule has 208 valence electrons. The van der Waals surface area contributed by atoms with Gasteiger partial charge in [0.2, 0.25) is 0 Å². The Morgan fingerprint density at radius 2 is 1.61 bits per heavy atom. The molecule has 1 saturated carbocycles. The standard InChI is InChI=1S/C30H46BN3O4/c1-21(35)27(36)33-15-11-30(12-16-33)20-34(24-18-23(19-24)32-13-7-6-8-14-32)26-17-22(9-10-25(26)30)31-37-28(2,3)29(4,5)38-31/h9-10,17,21,23-24,35H,6-8,11-16,18-20H2,1-5H3/t21-,23?,24?/m1/s1. The van der Waals surface area contributed by atoms with Gasteiger partial charge in [-0.3, -0.25) is 4.79 Å². The van der Waals surface area contributed by atoms with Crippen LogP contribution in [0.1, 0.15) is 85.1 Å². The van der Waals surface area contributed by atoms with Crippen LogP contribution in [0.3, 0.4) is 0 Å². The summed E-state index contributed by atoms with van der Waals surface area (Å²) < 4.78 is 12.9. The molecule has 8 heteroatoms. The number of aliphatic hydroxyl groups excluding tert-OH is 1. The van der Waals surface area contributed by atoms with Gasteiger partial charge < -0.3 is 29.1 Å². The maximum Gasteiger partial charge on any atom is 0.494 e. The first-order chi connectivity index (χ1) is 18.0. The Labute approximate surface area is 229 Å². The molecule has 1 aliphatic carbocycles. The van der Waals surface area contributed by atoms with Crippen molar-refractivity contribution in [2.45, 2.75) is 114 Å². The van der Waals surface area contributed by atoms with Crippen LogP contribution < -0.4 is 10.4 Å². The Kier molecular flexibility index (Phi) is 6.65. The molecule has 0 radical (unpaired) electrons. The van der Waals surface area contributed by atoms with Crippen molar-refractivity contribution >= 4 is 24.2 Å². The molecule has 7 nitrogen and oxygen atoms in total. The van der Waals surface area contributed by atoms with Crippen molar-refractivity contribution in [2.75, 3.05) is 37.6 Å². The van der Waals surface area contributed by atoms with E-state index in [0.717, 1.165) is 30.9 Å². The van der Waals surface area contributed by atoms with Crippen LogP contribution in [0.25, 0.3) is 0 Å². The number of carbonyl (C=O) groups is 1. The highest BCUT2D eigenvalue weighted by Gasteiger charge is 2.53. The lowest BCUT2D eigenvalue weighted by Gasteiger charge is -2.49. The molecule has 1 amide bonds. The first-order valence-corrected chi connectivity index (χ1v) is 15.0. The van der Waals surface area contributed by atoms with Gasteiger partial charge in [-0.15, -0.1) is 0 Å². The Morgan fingerprint density at radius 3 is 2.21 bits per heavy atom. The average Bonchev–Trinajstić information content (AvgIpc) is 3.28. The molecule has 4 fully saturated rings. The van der Waals surface area contributed by atoms with Crippen LogP contribution in [0.4, 0.5) is 5.69 Å². The molecule has 4 aliphatic heterocycles. The monoisotopic (exact) mass is 523 g/mol. The lowest BCUT2D eigenvalue weighted by Crippen LogP contribution is -2.56. The summed E-state index contributed by atoms with van der Waals surface area (Å²) in [6.07, 6.45) is 7.49. The zero-order valence-corrected chi connectivity index (χ0v) is 24.0. The van der Waals surface area contributed by atoms with Crippen molar-refractivity contribution in [3.8, 4) is 0 Å². The lowest BCUT2D eigenvalue weighted by atomic mass is 9.72. The zero-order valence-electron chi connectivity index (χ0n) is 24.0. The van der Waals surface area contributed by atoms with Crippen LogP contribution in [-0.4, -0.2) is 90.0 Å². The highest BCUT2D eigenvalue weighted by atomic mass is 16.7. The molecule has 1 spiro atoms. The van der Waals surface area contributed by atoms with Crippen molar-refractivity contribution in [3.05, 3.63) is 23.8 Å². The molecule has 1 aromatic rings. The zero-order chi connectivity index (χ0) is 26.9. The number of likely N-dealkylation sites (tertiary alicyclic amines) is 2. The third kappa shape index (κ3) is 4.40. The number of hydrogen-bond donors (Lipinski definition) is 1. The number of amides is 1. The molecule has 1 aromatic carbocycles. The SMILES string of the molecule is C[C@@H](O)C(=O)N1CCC2(CC1)CN(C1CC(N3CCCCC3)C1)c1cc(B3OC(C)(C)C(C)(C)O3)ccc12. The Hall–Kier alpha value is -1.61. The quantitative estimate of drug-likeness (QED) is 0.613. The smallest absolute Gasteiger partial charge is 0.399 e. The fourth-order valence-corrected chi connectivity index (χ4v) is 7.42. The summed E-state index contributed by atoms with van der Waals surface area (Å²) in [5.74, 6) is -0.144. The van der Waals surface area contributed by atoms with E-state index < -0.39 is 6.10 Å². The molecular weight excluding hydrogens is 477 g/mol. The number of rotatable bonds is 4. The first kappa shape index (κ1) is 26.6. The number of nitrogens with zero attached hydrogens (tertiary/aromatic N) is 3. The predicted octanol–water partition coefficient (Wildman–Crippen LogP) is 3.06. The molecule has 5 aliphatic rings. The fourth-order valence-electron chi connectivity index (χ4n) is 7.42.